The van der Waals surface area contributed by atoms with Crippen LogP contribution >= 0.6 is 23.1 Å². The number of hydrogen-bond donors (Lipinski definition) is 1. The number of nitrogens with one attached hydrogen (secondary N) is 1. The van der Waals surface area contributed by atoms with E-state index in [0.29, 0.717) is 23.6 Å². The van der Waals surface area contributed by atoms with E-state index in [0.717, 1.165) is 15.5 Å². The van der Waals surface area contributed by atoms with Gasteiger partial charge in [-0.05, 0) is 54.8 Å². The van der Waals surface area contributed by atoms with Crippen molar-refractivity contribution in [1.82, 2.24) is 9.38 Å². The number of aromatic nitrogens is 2. The summed E-state index contributed by atoms with van der Waals surface area (Å²) in [5.74, 6) is -0.607. The van der Waals surface area contributed by atoms with E-state index < -0.39 is 5.92 Å². The largest absolute Gasteiger partial charge is 0.312 e. The van der Waals surface area contributed by atoms with E-state index in [4.69, 9.17) is 0 Å². The zero-order valence-corrected chi connectivity index (χ0v) is 18.8. The molecule has 2 amide bonds. The van der Waals surface area contributed by atoms with E-state index >= 15 is 0 Å². The summed E-state index contributed by atoms with van der Waals surface area (Å²) in [6, 6.07) is 13.7. The molecule has 3 heterocycles. The molecule has 1 atom stereocenters. The maximum Gasteiger partial charge on any atom is 0.230 e. The predicted octanol–water partition coefficient (Wildman–Crippen LogP) is 4.92. The Balaban J connectivity index is 1.39. The molecule has 1 aliphatic rings. The molecule has 1 saturated heterocycles. The highest BCUT2D eigenvalue weighted by molar-refractivity contribution is 7.98. The average Bonchev–Trinajstić information content (AvgIpc) is 3.50. The highest BCUT2D eigenvalue weighted by atomic mass is 32.2. The van der Waals surface area contributed by atoms with Crippen molar-refractivity contribution in [2.24, 2.45) is 5.92 Å². The Morgan fingerprint density at radius 3 is 2.66 bits per heavy atom. The molecule has 0 saturated carbocycles. The number of benzene rings is 2. The standard InChI is InChI=1S/C23H19FN4O2S2/c1-31-18-8-6-17(7-9-18)28-13-15(12-19(28)29)22(30)26-21-20(14-2-4-16(24)5-3-14)25-23-27(21)10-11-32-23/h2-11,15H,12-13H2,1H3,(H,26,30). The van der Waals surface area contributed by atoms with Crippen LogP contribution in [-0.4, -0.2) is 34.0 Å². The quantitative estimate of drug-likeness (QED) is 0.424. The summed E-state index contributed by atoms with van der Waals surface area (Å²) in [6.45, 7) is 0.320. The average molecular weight is 467 g/mol. The van der Waals surface area contributed by atoms with Gasteiger partial charge in [0.15, 0.2) is 4.96 Å². The summed E-state index contributed by atoms with van der Waals surface area (Å²) in [6.07, 6.45) is 3.97. The number of thioether (sulfide) groups is 1. The number of rotatable bonds is 5. The van der Waals surface area contributed by atoms with Gasteiger partial charge in [-0.15, -0.1) is 23.1 Å². The number of anilines is 2. The molecule has 0 spiro atoms. The van der Waals surface area contributed by atoms with Gasteiger partial charge in [-0.2, -0.15) is 0 Å². The van der Waals surface area contributed by atoms with E-state index in [2.05, 4.69) is 10.3 Å². The lowest BCUT2D eigenvalue weighted by atomic mass is 10.1. The lowest BCUT2D eigenvalue weighted by molar-refractivity contribution is -0.122. The van der Waals surface area contributed by atoms with Crippen molar-refractivity contribution in [3.05, 3.63) is 65.9 Å². The molecule has 6 nitrogen and oxygen atoms in total. The Morgan fingerprint density at radius 1 is 1.19 bits per heavy atom. The minimum absolute atomic E-state index is 0.0743. The zero-order chi connectivity index (χ0) is 22.2. The van der Waals surface area contributed by atoms with Gasteiger partial charge in [-0.1, -0.05) is 0 Å². The van der Waals surface area contributed by atoms with Crippen molar-refractivity contribution in [2.45, 2.75) is 11.3 Å². The van der Waals surface area contributed by atoms with Crippen LogP contribution in [-0.2, 0) is 9.59 Å². The molecule has 1 fully saturated rings. The van der Waals surface area contributed by atoms with Gasteiger partial charge in [0, 0.05) is 40.7 Å². The van der Waals surface area contributed by atoms with Crippen molar-refractivity contribution >= 4 is 51.4 Å². The molecule has 1 aliphatic heterocycles. The molecule has 0 radical (unpaired) electrons. The van der Waals surface area contributed by atoms with Crippen molar-refractivity contribution in [3.63, 3.8) is 0 Å². The van der Waals surface area contributed by atoms with Crippen LogP contribution in [0.25, 0.3) is 16.2 Å². The van der Waals surface area contributed by atoms with Crippen molar-refractivity contribution in [2.75, 3.05) is 23.0 Å². The first-order valence-corrected chi connectivity index (χ1v) is 12.1. The second kappa shape index (κ2) is 8.40. The Morgan fingerprint density at radius 2 is 1.94 bits per heavy atom. The number of amides is 2. The van der Waals surface area contributed by atoms with Crippen LogP contribution in [0.3, 0.4) is 0 Å². The normalized spacial score (nSPS) is 16.1. The van der Waals surface area contributed by atoms with Crippen LogP contribution in [0.2, 0.25) is 0 Å². The fourth-order valence-corrected chi connectivity index (χ4v) is 4.95. The predicted molar refractivity (Wildman–Crippen MR) is 126 cm³/mol. The van der Waals surface area contributed by atoms with Crippen LogP contribution in [0.1, 0.15) is 6.42 Å². The van der Waals surface area contributed by atoms with Gasteiger partial charge in [0.1, 0.15) is 17.3 Å². The summed E-state index contributed by atoms with van der Waals surface area (Å²) in [4.78, 5) is 33.9. The molecular formula is C23H19FN4O2S2. The van der Waals surface area contributed by atoms with Crippen LogP contribution in [0.5, 0.6) is 0 Å². The molecule has 1 unspecified atom stereocenters. The van der Waals surface area contributed by atoms with Crippen LogP contribution < -0.4 is 10.2 Å². The minimum atomic E-state index is -0.479. The third kappa shape index (κ3) is 3.78. The SMILES string of the molecule is CSc1ccc(N2CC(C(=O)Nc3c(-c4ccc(F)cc4)nc4sccn34)CC2=O)cc1. The number of hydrogen-bond acceptors (Lipinski definition) is 5. The number of carbonyl (C=O) groups excluding carboxylic acids is 2. The van der Waals surface area contributed by atoms with Crippen LogP contribution in [0.15, 0.2) is 65.0 Å². The van der Waals surface area contributed by atoms with E-state index in [9.17, 15) is 14.0 Å². The van der Waals surface area contributed by atoms with E-state index in [1.807, 2.05) is 42.1 Å². The summed E-state index contributed by atoms with van der Waals surface area (Å²) in [7, 11) is 0. The number of halogens is 1. The summed E-state index contributed by atoms with van der Waals surface area (Å²) in [5.41, 5.74) is 2.06. The topological polar surface area (TPSA) is 66.7 Å². The molecule has 2 aromatic carbocycles. The molecule has 9 heteroatoms. The van der Waals surface area contributed by atoms with Gasteiger partial charge in [-0.25, -0.2) is 9.37 Å². The number of fused-ring (bicyclic) bond motifs is 1. The van der Waals surface area contributed by atoms with Gasteiger partial charge in [0.2, 0.25) is 11.8 Å². The Hall–Kier alpha value is -3.17. The minimum Gasteiger partial charge on any atom is -0.312 e. The van der Waals surface area contributed by atoms with E-state index in [1.54, 1.807) is 33.2 Å². The zero-order valence-electron chi connectivity index (χ0n) is 17.1. The first kappa shape index (κ1) is 20.7. The lowest BCUT2D eigenvalue weighted by Crippen LogP contribution is -2.28. The molecule has 0 aliphatic carbocycles. The molecule has 32 heavy (non-hydrogen) atoms. The maximum absolute atomic E-state index is 13.4. The Kier molecular flexibility index (Phi) is 5.44. The van der Waals surface area contributed by atoms with Gasteiger partial charge in [0.25, 0.3) is 0 Å². The Bertz CT molecular complexity index is 1300. The number of imidazole rings is 1. The number of carbonyl (C=O) groups is 2. The molecular weight excluding hydrogens is 447 g/mol. The van der Waals surface area contributed by atoms with Crippen LogP contribution in [0, 0.1) is 11.7 Å². The second-order valence-electron chi connectivity index (χ2n) is 7.46. The summed E-state index contributed by atoms with van der Waals surface area (Å²) in [5, 5.41) is 4.86. The second-order valence-corrected chi connectivity index (χ2v) is 9.22. The fraction of sp³-hybridized carbons (Fsp3) is 0.174. The highest BCUT2D eigenvalue weighted by Gasteiger charge is 2.36. The molecule has 4 aromatic rings. The van der Waals surface area contributed by atoms with Crippen molar-refractivity contribution < 1.29 is 14.0 Å². The monoisotopic (exact) mass is 466 g/mol. The third-order valence-electron chi connectivity index (χ3n) is 5.50. The summed E-state index contributed by atoms with van der Waals surface area (Å²) < 4.78 is 15.2. The van der Waals surface area contributed by atoms with Gasteiger partial charge in [0.05, 0.1) is 5.92 Å². The van der Waals surface area contributed by atoms with Crippen LogP contribution in [0.4, 0.5) is 15.9 Å². The fourth-order valence-electron chi connectivity index (χ4n) is 3.83. The van der Waals surface area contributed by atoms with Gasteiger partial charge < -0.3 is 10.2 Å². The van der Waals surface area contributed by atoms with Crippen molar-refractivity contribution in [1.29, 1.82) is 0 Å². The first-order chi connectivity index (χ1) is 15.5. The highest BCUT2D eigenvalue weighted by Crippen LogP contribution is 2.33. The molecule has 2 aromatic heterocycles. The molecule has 0 bridgehead atoms. The lowest BCUT2D eigenvalue weighted by Gasteiger charge is -2.17. The van der Waals surface area contributed by atoms with E-state index in [-0.39, 0.29) is 24.1 Å². The number of thiazole rings is 1. The van der Waals surface area contributed by atoms with E-state index in [1.165, 1.54) is 23.5 Å². The maximum atomic E-state index is 13.4. The Labute approximate surface area is 192 Å². The third-order valence-corrected chi connectivity index (χ3v) is 7.00. The molecule has 5 rings (SSSR count). The number of nitrogens with zero attached hydrogens (tertiary/aromatic N) is 3. The van der Waals surface area contributed by atoms with Crippen molar-refractivity contribution in [3.8, 4) is 11.3 Å². The molecule has 162 valence electrons. The molecule has 1 N–H and O–H groups in total. The smallest absolute Gasteiger partial charge is 0.230 e. The van der Waals surface area contributed by atoms with Gasteiger partial charge in [-0.3, -0.25) is 14.0 Å². The summed E-state index contributed by atoms with van der Waals surface area (Å²) >= 11 is 3.08. The first-order valence-electron chi connectivity index (χ1n) is 10.0. The van der Waals surface area contributed by atoms with Gasteiger partial charge >= 0.3 is 0 Å².